The van der Waals surface area contributed by atoms with Gasteiger partial charge in [0.05, 0.1) is 11.6 Å². The number of amides is 1. The molecule has 2 unspecified atom stereocenters. The molecule has 0 bridgehead atoms. The average Bonchev–Trinajstić information content (AvgIpc) is 2.24. The minimum Gasteiger partial charge on any atom is -0.388 e. The molecule has 0 aliphatic carbocycles. The average molecular weight is 260 g/mol. The number of hydrogen-bond acceptors (Lipinski definition) is 4. The van der Waals surface area contributed by atoms with Crippen LogP contribution in [-0.4, -0.2) is 42.9 Å². The summed E-state index contributed by atoms with van der Waals surface area (Å²) in [6.07, 6.45) is 1.99. The lowest BCUT2D eigenvalue weighted by Gasteiger charge is -2.26. The third-order valence-electron chi connectivity index (χ3n) is 2.69. The van der Waals surface area contributed by atoms with E-state index >= 15 is 0 Å². The van der Waals surface area contributed by atoms with Crippen LogP contribution in [0.3, 0.4) is 0 Å². The summed E-state index contributed by atoms with van der Waals surface area (Å²) in [5.74, 6) is 0.169. The van der Waals surface area contributed by atoms with E-state index in [1.54, 1.807) is 14.0 Å². The summed E-state index contributed by atoms with van der Waals surface area (Å²) in [5.41, 5.74) is 4.86. The topological polar surface area (TPSA) is 84.6 Å². The monoisotopic (exact) mass is 260 g/mol. The Balaban J connectivity index is 3.93. The second-order valence-electron chi connectivity index (χ2n) is 5.55. The lowest BCUT2D eigenvalue weighted by atomic mass is 9.94. The van der Waals surface area contributed by atoms with Gasteiger partial charge in [0.2, 0.25) is 5.91 Å². The number of carbonyl (C=O) groups is 1. The third-order valence-corrected chi connectivity index (χ3v) is 2.69. The first kappa shape index (κ1) is 17.4. The molecule has 0 aromatic carbocycles. The normalized spacial score (nSPS) is 16.4. The van der Waals surface area contributed by atoms with Crippen LogP contribution in [0.1, 0.15) is 40.0 Å². The van der Waals surface area contributed by atoms with Crippen LogP contribution >= 0.6 is 0 Å². The molecule has 5 heteroatoms. The van der Waals surface area contributed by atoms with Crippen LogP contribution in [0.5, 0.6) is 0 Å². The molecule has 4 N–H and O–H groups in total. The molecule has 108 valence electrons. The highest BCUT2D eigenvalue weighted by Crippen LogP contribution is 2.15. The van der Waals surface area contributed by atoms with Gasteiger partial charge >= 0.3 is 0 Å². The van der Waals surface area contributed by atoms with Crippen molar-refractivity contribution in [2.75, 3.05) is 20.3 Å². The SMILES string of the molecule is COCCCC(N)C(=O)NCC(C)(O)CC(C)C. The molecule has 0 aliphatic heterocycles. The van der Waals surface area contributed by atoms with Crippen molar-refractivity contribution >= 4 is 5.91 Å². The quantitative estimate of drug-likeness (QED) is 0.532. The zero-order valence-electron chi connectivity index (χ0n) is 12.0. The highest BCUT2D eigenvalue weighted by atomic mass is 16.5. The summed E-state index contributed by atoms with van der Waals surface area (Å²) in [6, 6.07) is -0.532. The van der Waals surface area contributed by atoms with Crippen LogP contribution in [0.2, 0.25) is 0 Å². The van der Waals surface area contributed by atoms with Crippen molar-refractivity contribution in [1.82, 2.24) is 5.32 Å². The van der Waals surface area contributed by atoms with E-state index < -0.39 is 11.6 Å². The standard InChI is InChI=1S/C13H28N2O3/c1-10(2)8-13(3,17)9-15-12(16)11(14)6-5-7-18-4/h10-11,17H,5-9,14H2,1-4H3,(H,15,16). The maximum absolute atomic E-state index is 11.7. The summed E-state index contributed by atoms with van der Waals surface area (Å²) in [5, 5.41) is 12.8. The van der Waals surface area contributed by atoms with Gasteiger partial charge in [0, 0.05) is 20.3 Å². The van der Waals surface area contributed by atoms with Gasteiger partial charge in [0.15, 0.2) is 0 Å². The van der Waals surface area contributed by atoms with Crippen LogP contribution in [0, 0.1) is 5.92 Å². The molecule has 1 amide bonds. The molecule has 0 spiro atoms. The highest BCUT2D eigenvalue weighted by molar-refractivity contribution is 5.81. The van der Waals surface area contributed by atoms with E-state index in [2.05, 4.69) is 5.32 Å². The van der Waals surface area contributed by atoms with Crippen LogP contribution in [0.15, 0.2) is 0 Å². The van der Waals surface area contributed by atoms with Gasteiger partial charge in [-0.05, 0) is 32.1 Å². The maximum Gasteiger partial charge on any atom is 0.237 e. The molecule has 2 atom stereocenters. The van der Waals surface area contributed by atoms with Gasteiger partial charge in [-0.25, -0.2) is 0 Å². The zero-order chi connectivity index (χ0) is 14.2. The molecule has 0 saturated heterocycles. The van der Waals surface area contributed by atoms with Gasteiger partial charge in [-0.3, -0.25) is 4.79 Å². The molecule has 5 nitrogen and oxygen atoms in total. The predicted octanol–water partition coefficient (Wildman–Crippen LogP) is 0.654. The lowest BCUT2D eigenvalue weighted by molar-refractivity contribution is -0.123. The van der Waals surface area contributed by atoms with Gasteiger partial charge in [0.1, 0.15) is 0 Å². The Labute approximate surface area is 110 Å². The summed E-state index contributed by atoms with van der Waals surface area (Å²) in [7, 11) is 1.62. The van der Waals surface area contributed by atoms with Gasteiger partial charge in [-0.2, -0.15) is 0 Å². The minimum absolute atomic E-state index is 0.213. The van der Waals surface area contributed by atoms with Gasteiger partial charge in [0.25, 0.3) is 0 Å². The molecular formula is C13H28N2O3. The Hall–Kier alpha value is -0.650. The first-order valence-electron chi connectivity index (χ1n) is 6.53. The summed E-state index contributed by atoms with van der Waals surface area (Å²) >= 11 is 0. The van der Waals surface area contributed by atoms with E-state index in [1.807, 2.05) is 13.8 Å². The zero-order valence-corrected chi connectivity index (χ0v) is 12.0. The summed E-state index contributed by atoms with van der Waals surface area (Å²) < 4.78 is 4.90. The Kier molecular flexibility index (Phi) is 8.15. The number of methoxy groups -OCH3 is 1. The first-order chi connectivity index (χ1) is 8.28. The van der Waals surface area contributed by atoms with E-state index in [9.17, 15) is 9.90 Å². The van der Waals surface area contributed by atoms with Crippen molar-refractivity contribution in [3.8, 4) is 0 Å². The van der Waals surface area contributed by atoms with Gasteiger partial charge < -0.3 is 20.9 Å². The maximum atomic E-state index is 11.7. The fourth-order valence-electron chi connectivity index (χ4n) is 1.94. The minimum atomic E-state index is -0.879. The molecule has 0 aromatic rings. The fourth-order valence-corrected chi connectivity index (χ4v) is 1.94. The van der Waals surface area contributed by atoms with Crippen LogP contribution in [0.25, 0.3) is 0 Å². The Morgan fingerprint density at radius 1 is 1.50 bits per heavy atom. The number of rotatable bonds is 9. The van der Waals surface area contributed by atoms with Crippen molar-refractivity contribution in [1.29, 1.82) is 0 Å². The second kappa shape index (κ2) is 8.45. The third kappa shape index (κ3) is 8.44. The Morgan fingerprint density at radius 2 is 2.11 bits per heavy atom. The second-order valence-corrected chi connectivity index (χ2v) is 5.55. The summed E-state index contributed by atoms with van der Waals surface area (Å²) in [4.78, 5) is 11.7. The molecule has 0 heterocycles. The molecule has 0 fully saturated rings. The number of hydrogen-bond donors (Lipinski definition) is 3. The fraction of sp³-hybridized carbons (Fsp3) is 0.923. The predicted molar refractivity (Wildman–Crippen MR) is 72.2 cm³/mol. The molecular weight excluding hydrogens is 232 g/mol. The molecule has 0 aliphatic rings. The van der Waals surface area contributed by atoms with E-state index in [-0.39, 0.29) is 12.5 Å². The number of aliphatic hydroxyl groups is 1. The largest absolute Gasteiger partial charge is 0.388 e. The summed E-state index contributed by atoms with van der Waals surface area (Å²) in [6.45, 7) is 6.64. The van der Waals surface area contributed by atoms with Gasteiger partial charge in [-0.15, -0.1) is 0 Å². The van der Waals surface area contributed by atoms with Crippen LogP contribution < -0.4 is 11.1 Å². The highest BCUT2D eigenvalue weighted by Gasteiger charge is 2.23. The van der Waals surface area contributed by atoms with E-state index in [0.29, 0.717) is 25.4 Å². The van der Waals surface area contributed by atoms with Crippen molar-refractivity contribution in [3.63, 3.8) is 0 Å². The first-order valence-corrected chi connectivity index (χ1v) is 6.53. The van der Waals surface area contributed by atoms with E-state index in [0.717, 1.165) is 6.42 Å². The Morgan fingerprint density at radius 3 is 2.61 bits per heavy atom. The number of carbonyl (C=O) groups excluding carboxylic acids is 1. The Bertz CT molecular complexity index is 242. The van der Waals surface area contributed by atoms with Crippen molar-refractivity contribution in [2.45, 2.75) is 51.7 Å². The van der Waals surface area contributed by atoms with Gasteiger partial charge in [-0.1, -0.05) is 13.8 Å². The van der Waals surface area contributed by atoms with E-state index in [1.165, 1.54) is 0 Å². The molecule has 0 radical (unpaired) electrons. The smallest absolute Gasteiger partial charge is 0.237 e. The molecule has 0 aromatic heterocycles. The molecule has 0 rings (SSSR count). The van der Waals surface area contributed by atoms with Crippen LogP contribution in [0.4, 0.5) is 0 Å². The molecule has 18 heavy (non-hydrogen) atoms. The van der Waals surface area contributed by atoms with E-state index in [4.69, 9.17) is 10.5 Å². The number of ether oxygens (including phenoxy) is 1. The van der Waals surface area contributed by atoms with Crippen LogP contribution in [-0.2, 0) is 9.53 Å². The van der Waals surface area contributed by atoms with Crippen molar-refractivity contribution in [2.24, 2.45) is 11.7 Å². The molecule has 0 saturated carbocycles. The van der Waals surface area contributed by atoms with Crippen molar-refractivity contribution < 1.29 is 14.6 Å². The number of nitrogens with two attached hydrogens (primary N) is 1. The number of nitrogens with one attached hydrogen (secondary N) is 1. The lowest BCUT2D eigenvalue weighted by Crippen LogP contribution is -2.47. The van der Waals surface area contributed by atoms with Crippen molar-refractivity contribution in [3.05, 3.63) is 0 Å².